The second-order valence-corrected chi connectivity index (χ2v) is 7.48. The van der Waals surface area contributed by atoms with E-state index in [1.807, 2.05) is 0 Å². The molecule has 4 atom stereocenters. The van der Waals surface area contributed by atoms with E-state index in [1.54, 1.807) is 42.5 Å². The maximum absolute atomic E-state index is 13.1. The molecule has 2 amide bonds. The molecule has 0 radical (unpaired) electrons. The molecule has 0 bridgehead atoms. The van der Waals surface area contributed by atoms with Crippen LogP contribution >= 0.6 is 15.9 Å². The fourth-order valence-electron chi connectivity index (χ4n) is 3.94. The Morgan fingerprint density at radius 2 is 1.74 bits per heavy atom. The average molecular weight is 431 g/mol. The number of aliphatic carboxylic acids is 1. The zero-order valence-corrected chi connectivity index (χ0v) is 15.5. The number of carbonyl (C=O) groups is 3. The van der Waals surface area contributed by atoms with Crippen molar-refractivity contribution in [3.63, 3.8) is 0 Å². The zero-order valence-electron chi connectivity index (χ0n) is 13.9. The number of hydrogen-bond acceptors (Lipinski definition) is 5. The molecule has 0 saturated carbocycles. The van der Waals surface area contributed by atoms with Gasteiger partial charge in [-0.15, -0.1) is 0 Å². The van der Waals surface area contributed by atoms with E-state index in [0.717, 1.165) is 4.90 Å². The zero-order chi connectivity index (χ0) is 19.3. The van der Waals surface area contributed by atoms with Crippen molar-refractivity contribution in [2.24, 2.45) is 11.8 Å². The molecule has 8 heteroatoms. The molecule has 7 nitrogen and oxygen atoms in total. The van der Waals surface area contributed by atoms with Crippen molar-refractivity contribution >= 4 is 39.4 Å². The minimum Gasteiger partial charge on any atom is -0.508 e. The number of rotatable bonds is 3. The summed E-state index contributed by atoms with van der Waals surface area (Å²) in [5.74, 6) is -4.25. The van der Waals surface area contributed by atoms with Gasteiger partial charge in [-0.3, -0.25) is 19.7 Å². The summed E-state index contributed by atoms with van der Waals surface area (Å²) in [4.78, 5) is 38.9. The molecule has 0 aliphatic carbocycles. The van der Waals surface area contributed by atoms with Gasteiger partial charge in [0.25, 0.3) is 0 Å². The molecule has 2 aromatic rings. The number of halogens is 1. The highest BCUT2D eigenvalue weighted by Crippen LogP contribution is 2.47. The normalized spacial score (nSPS) is 27.1. The number of carbonyl (C=O) groups excluding carboxylic acids is 2. The quantitative estimate of drug-likeness (QED) is 0.643. The van der Waals surface area contributed by atoms with Crippen LogP contribution in [0.4, 0.5) is 5.69 Å². The molecule has 138 valence electrons. The van der Waals surface area contributed by atoms with Crippen molar-refractivity contribution in [1.82, 2.24) is 5.32 Å². The largest absolute Gasteiger partial charge is 0.508 e. The molecule has 2 aliphatic rings. The van der Waals surface area contributed by atoms with Crippen LogP contribution in [0.25, 0.3) is 0 Å². The highest BCUT2D eigenvalue weighted by Gasteiger charge is 2.61. The van der Waals surface area contributed by atoms with Crippen LogP contribution in [0.1, 0.15) is 11.6 Å². The standard InChI is InChI=1S/C19H15BrN2O5/c20-9-4-3-5-10(8-9)22-17(24)13-14(18(22)25)16(19(26)27)21-15(13)11-6-1-2-7-12(11)23/h1-8,13-16,21,23H,(H,26,27)/t13-,14-,15+,16+/m1/s1. The lowest BCUT2D eigenvalue weighted by Crippen LogP contribution is -2.43. The fraction of sp³-hybridized carbons (Fsp3) is 0.211. The lowest BCUT2D eigenvalue weighted by atomic mass is 9.86. The maximum Gasteiger partial charge on any atom is 0.321 e. The predicted molar refractivity (Wildman–Crippen MR) is 99.0 cm³/mol. The summed E-state index contributed by atoms with van der Waals surface area (Å²) < 4.78 is 0.697. The summed E-state index contributed by atoms with van der Waals surface area (Å²) in [5.41, 5.74) is 0.780. The van der Waals surface area contributed by atoms with Crippen molar-refractivity contribution in [3.8, 4) is 5.75 Å². The van der Waals surface area contributed by atoms with E-state index in [-0.39, 0.29) is 5.75 Å². The van der Waals surface area contributed by atoms with Crippen molar-refractivity contribution < 1.29 is 24.6 Å². The Balaban J connectivity index is 1.80. The third-order valence-electron chi connectivity index (χ3n) is 5.08. The Morgan fingerprint density at radius 1 is 1.04 bits per heavy atom. The maximum atomic E-state index is 13.1. The van der Waals surface area contributed by atoms with Gasteiger partial charge in [-0.2, -0.15) is 0 Å². The number of imide groups is 1. The molecule has 27 heavy (non-hydrogen) atoms. The van der Waals surface area contributed by atoms with Crippen LogP contribution in [0, 0.1) is 11.8 Å². The van der Waals surface area contributed by atoms with Gasteiger partial charge in [-0.1, -0.05) is 40.2 Å². The number of nitrogens with zero attached hydrogens (tertiary/aromatic N) is 1. The van der Waals surface area contributed by atoms with Crippen LogP contribution in [-0.4, -0.2) is 34.0 Å². The Hall–Kier alpha value is -2.71. The van der Waals surface area contributed by atoms with E-state index in [4.69, 9.17) is 0 Å². The van der Waals surface area contributed by atoms with E-state index in [2.05, 4.69) is 21.2 Å². The fourth-order valence-corrected chi connectivity index (χ4v) is 4.33. The van der Waals surface area contributed by atoms with Gasteiger partial charge >= 0.3 is 5.97 Å². The molecule has 2 fully saturated rings. The van der Waals surface area contributed by atoms with E-state index >= 15 is 0 Å². The molecule has 2 heterocycles. The highest BCUT2D eigenvalue weighted by atomic mass is 79.9. The van der Waals surface area contributed by atoms with Gasteiger partial charge in [0.15, 0.2) is 0 Å². The number of carboxylic acid groups (broad SMARTS) is 1. The van der Waals surface area contributed by atoms with Gasteiger partial charge < -0.3 is 10.2 Å². The molecule has 2 saturated heterocycles. The number of phenolic OH excluding ortho intramolecular Hbond substituents is 1. The second-order valence-electron chi connectivity index (χ2n) is 6.56. The third kappa shape index (κ3) is 2.72. The lowest BCUT2D eigenvalue weighted by Gasteiger charge is -2.22. The molecule has 4 rings (SSSR count). The number of para-hydroxylation sites is 1. The van der Waals surface area contributed by atoms with Gasteiger partial charge in [0.2, 0.25) is 11.8 Å². The van der Waals surface area contributed by atoms with E-state index in [1.165, 1.54) is 6.07 Å². The molecule has 2 aliphatic heterocycles. The molecular weight excluding hydrogens is 416 g/mol. The molecule has 0 aromatic heterocycles. The minimum absolute atomic E-state index is 0.0547. The number of nitrogens with one attached hydrogen (secondary N) is 1. The van der Waals surface area contributed by atoms with E-state index in [9.17, 15) is 24.6 Å². The Labute approximate surface area is 162 Å². The predicted octanol–water partition coefficient (Wildman–Crippen LogP) is 2.06. The number of aromatic hydroxyl groups is 1. The topological polar surface area (TPSA) is 107 Å². The van der Waals surface area contributed by atoms with Gasteiger partial charge in [-0.05, 0) is 24.3 Å². The summed E-state index contributed by atoms with van der Waals surface area (Å²) >= 11 is 3.31. The lowest BCUT2D eigenvalue weighted by molar-refractivity contribution is -0.142. The van der Waals surface area contributed by atoms with Crippen LogP contribution in [0.3, 0.4) is 0 Å². The summed E-state index contributed by atoms with van der Waals surface area (Å²) in [6, 6.07) is 11.1. The van der Waals surface area contributed by atoms with Gasteiger partial charge in [0, 0.05) is 16.1 Å². The summed E-state index contributed by atoms with van der Waals surface area (Å²) in [7, 11) is 0. The highest BCUT2D eigenvalue weighted by molar-refractivity contribution is 9.10. The number of hydrogen-bond donors (Lipinski definition) is 3. The first-order chi connectivity index (χ1) is 12.9. The molecule has 0 spiro atoms. The Kier molecular flexibility index (Phi) is 4.24. The Bertz CT molecular complexity index is 963. The first-order valence-corrected chi connectivity index (χ1v) is 9.09. The number of amides is 2. The van der Waals surface area contributed by atoms with Crippen LogP contribution < -0.4 is 10.2 Å². The van der Waals surface area contributed by atoms with Crippen molar-refractivity contribution in [3.05, 3.63) is 58.6 Å². The van der Waals surface area contributed by atoms with Crippen molar-refractivity contribution in [2.75, 3.05) is 4.90 Å². The van der Waals surface area contributed by atoms with Crippen LogP contribution in [-0.2, 0) is 14.4 Å². The smallest absolute Gasteiger partial charge is 0.321 e. The average Bonchev–Trinajstić information content (AvgIpc) is 3.13. The molecule has 0 unspecified atom stereocenters. The number of anilines is 1. The molecular formula is C19H15BrN2O5. The molecule has 3 N–H and O–H groups in total. The number of carboxylic acids is 1. The van der Waals surface area contributed by atoms with Crippen molar-refractivity contribution in [2.45, 2.75) is 12.1 Å². The van der Waals surface area contributed by atoms with Crippen LogP contribution in [0.15, 0.2) is 53.0 Å². The van der Waals surface area contributed by atoms with Crippen molar-refractivity contribution in [1.29, 1.82) is 0 Å². The number of fused-ring (bicyclic) bond motifs is 1. The van der Waals surface area contributed by atoms with Gasteiger partial charge in [-0.25, -0.2) is 4.90 Å². The van der Waals surface area contributed by atoms with Gasteiger partial charge in [0.1, 0.15) is 11.8 Å². The van der Waals surface area contributed by atoms with E-state index in [0.29, 0.717) is 15.7 Å². The number of benzene rings is 2. The monoisotopic (exact) mass is 430 g/mol. The third-order valence-corrected chi connectivity index (χ3v) is 5.57. The summed E-state index contributed by atoms with van der Waals surface area (Å²) in [6.07, 6.45) is 0. The second kappa shape index (κ2) is 6.47. The minimum atomic E-state index is -1.21. The van der Waals surface area contributed by atoms with Crippen LogP contribution in [0.2, 0.25) is 0 Å². The first-order valence-electron chi connectivity index (χ1n) is 8.30. The summed E-state index contributed by atoms with van der Waals surface area (Å²) in [6.45, 7) is 0. The van der Waals surface area contributed by atoms with Crippen LogP contribution in [0.5, 0.6) is 5.75 Å². The number of phenols is 1. The summed E-state index contributed by atoms with van der Waals surface area (Å²) in [5, 5.41) is 22.6. The SMILES string of the molecule is O=C(O)[C@H]1N[C@@H](c2ccccc2O)[C@@H]2C(=O)N(c3cccc(Br)c3)C(=O)[C@H]21. The van der Waals surface area contributed by atoms with Gasteiger partial charge in [0.05, 0.1) is 17.5 Å². The Morgan fingerprint density at radius 3 is 2.41 bits per heavy atom. The first kappa shape index (κ1) is 17.7. The molecule has 2 aromatic carbocycles. The van der Waals surface area contributed by atoms with E-state index < -0.39 is 41.7 Å².